The van der Waals surface area contributed by atoms with Crippen LogP contribution >= 0.6 is 0 Å². The quantitative estimate of drug-likeness (QED) is 0.520. The molecule has 3 rings (SSSR count). The molecule has 9 heteroatoms. The lowest BCUT2D eigenvalue weighted by Gasteiger charge is -2.15. The second-order valence-electron chi connectivity index (χ2n) is 5.77. The Labute approximate surface area is 154 Å². The second-order valence-corrected chi connectivity index (χ2v) is 7.16. The monoisotopic (exact) mass is 385 g/mol. The topological polar surface area (TPSA) is 139 Å². The van der Waals surface area contributed by atoms with E-state index in [2.05, 4.69) is 10.2 Å². The van der Waals surface area contributed by atoms with Crippen LogP contribution in [0.1, 0.15) is 15.9 Å². The Kier molecular flexibility index (Phi) is 4.64. The minimum Gasteiger partial charge on any atom is -0.870 e. The number of nitrogens with zero attached hydrogens (tertiary/aromatic N) is 2. The molecule has 0 aliphatic heterocycles. The number of carboxylic acid groups (broad SMARTS) is 1. The molecule has 0 spiro atoms. The highest BCUT2D eigenvalue weighted by atomic mass is 32.2. The van der Waals surface area contributed by atoms with E-state index in [4.69, 9.17) is 0 Å². The number of carbonyl (C=O) groups is 1. The Morgan fingerprint density at radius 2 is 1.78 bits per heavy atom. The Morgan fingerprint density at radius 3 is 2.44 bits per heavy atom. The summed E-state index contributed by atoms with van der Waals surface area (Å²) >= 11 is 0. The molecule has 8 nitrogen and oxygen atoms in total. The minimum absolute atomic E-state index is 0.174. The lowest BCUT2D eigenvalue weighted by atomic mass is 10.0. The van der Waals surface area contributed by atoms with E-state index in [0.29, 0.717) is 16.3 Å². The molecule has 0 saturated carbocycles. The molecule has 0 saturated heterocycles. The van der Waals surface area contributed by atoms with Crippen molar-refractivity contribution in [2.45, 2.75) is 11.8 Å². The predicted octanol–water partition coefficient (Wildman–Crippen LogP) is 3.58. The largest absolute Gasteiger partial charge is 0.870 e. The molecule has 27 heavy (non-hydrogen) atoms. The van der Waals surface area contributed by atoms with Crippen LogP contribution in [0.3, 0.4) is 0 Å². The van der Waals surface area contributed by atoms with Crippen LogP contribution in [0.5, 0.6) is 5.75 Å². The van der Waals surface area contributed by atoms with Crippen LogP contribution in [-0.4, -0.2) is 24.0 Å². The maximum atomic E-state index is 12.5. The number of benzene rings is 3. The summed E-state index contributed by atoms with van der Waals surface area (Å²) < 4.78 is 32.5. The SMILES string of the molecule is Cc1ccc(N=Nc2c([O-])c(C(=O)O)cc3ccccc23)c(S(=O)(=O)O)c1. The molecule has 3 aromatic rings. The fourth-order valence-electron chi connectivity index (χ4n) is 2.58. The third-order valence-electron chi connectivity index (χ3n) is 3.86. The molecule has 0 heterocycles. The number of hydrogen-bond donors (Lipinski definition) is 2. The first kappa shape index (κ1) is 18.5. The molecule has 0 unspecified atom stereocenters. The van der Waals surface area contributed by atoms with Gasteiger partial charge in [-0.2, -0.15) is 13.5 Å². The van der Waals surface area contributed by atoms with Crippen molar-refractivity contribution in [1.29, 1.82) is 0 Å². The van der Waals surface area contributed by atoms with E-state index >= 15 is 0 Å². The Morgan fingerprint density at radius 1 is 1.07 bits per heavy atom. The lowest BCUT2D eigenvalue weighted by molar-refractivity contribution is -0.267. The molecule has 2 N–H and O–H groups in total. The third kappa shape index (κ3) is 3.64. The van der Waals surface area contributed by atoms with Crippen LogP contribution in [-0.2, 0) is 10.1 Å². The van der Waals surface area contributed by atoms with Crippen LogP contribution in [0.15, 0.2) is 63.7 Å². The van der Waals surface area contributed by atoms with Crippen molar-refractivity contribution in [1.82, 2.24) is 0 Å². The van der Waals surface area contributed by atoms with Crippen molar-refractivity contribution in [3.8, 4) is 5.75 Å². The molecule has 0 bridgehead atoms. The summed E-state index contributed by atoms with van der Waals surface area (Å²) in [5.41, 5.74) is -0.300. The summed E-state index contributed by atoms with van der Waals surface area (Å²) in [4.78, 5) is 10.9. The number of fused-ring (bicyclic) bond motifs is 1. The van der Waals surface area contributed by atoms with E-state index in [9.17, 15) is 28.0 Å². The van der Waals surface area contributed by atoms with Gasteiger partial charge in [0.15, 0.2) is 0 Å². The van der Waals surface area contributed by atoms with Gasteiger partial charge in [0.05, 0.1) is 11.3 Å². The van der Waals surface area contributed by atoms with Crippen molar-refractivity contribution in [3.63, 3.8) is 0 Å². The highest BCUT2D eigenvalue weighted by molar-refractivity contribution is 7.86. The molecule has 0 amide bonds. The third-order valence-corrected chi connectivity index (χ3v) is 4.74. The first-order chi connectivity index (χ1) is 12.7. The number of azo groups is 1. The summed E-state index contributed by atoms with van der Waals surface area (Å²) in [6.45, 7) is 1.63. The number of aromatic carboxylic acids is 1. The van der Waals surface area contributed by atoms with Crippen molar-refractivity contribution in [2.24, 2.45) is 10.2 Å². The standard InChI is InChI=1S/C18H14N2O6S/c1-10-6-7-14(15(8-10)27(24,25)26)19-20-16-12-5-3-2-4-11(12)9-13(17(16)21)18(22)23/h2-9,21H,1H3,(H,22,23)(H,24,25,26)/p-1. The average Bonchev–Trinajstić information content (AvgIpc) is 2.60. The van der Waals surface area contributed by atoms with Gasteiger partial charge < -0.3 is 10.2 Å². The number of carboxylic acids is 1. The Bertz CT molecular complexity index is 1200. The Balaban J connectivity index is 2.24. The fraction of sp³-hybridized carbons (Fsp3) is 0.0556. The molecule has 0 aromatic heterocycles. The molecule has 138 valence electrons. The zero-order valence-corrected chi connectivity index (χ0v) is 14.8. The average molecular weight is 385 g/mol. The van der Waals surface area contributed by atoms with Crippen molar-refractivity contribution < 1.29 is 28.0 Å². The van der Waals surface area contributed by atoms with E-state index < -0.39 is 32.3 Å². The molecular formula is C18H13N2O6S-. The van der Waals surface area contributed by atoms with Gasteiger partial charge in [0, 0.05) is 5.39 Å². The van der Waals surface area contributed by atoms with Gasteiger partial charge in [0.2, 0.25) is 0 Å². The van der Waals surface area contributed by atoms with E-state index in [1.165, 1.54) is 18.2 Å². The molecule has 3 aromatic carbocycles. The highest BCUT2D eigenvalue weighted by Crippen LogP contribution is 2.38. The van der Waals surface area contributed by atoms with Gasteiger partial charge in [0.25, 0.3) is 10.1 Å². The predicted molar refractivity (Wildman–Crippen MR) is 95.5 cm³/mol. The molecule has 0 fully saturated rings. The zero-order valence-electron chi connectivity index (χ0n) is 13.9. The van der Waals surface area contributed by atoms with Gasteiger partial charge >= 0.3 is 5.97 Å². The van der Waals surface area contributed by atoms with Crippen LogP contribution in [0.4, 0.5) is 11.4 Å². The van der Waals surface area contributed by atoms with Crippen molar-refractivity contribution in [3.05, 3.63) is 59.7 Å². The normalized spacial score (nSPS) is 11.9. The first-order valence-corrected chi connectivity index (χ1v) is 9.08. The first-order valence-electron chi connectivity index (χ1n) is 7.64. The summed E-state index contributed by atoms with van der Waals surface area (Å²) in [6.07, 6.45) is 0. The maximum absolute atomic E-state index is 12.5. The Hall–Kier alpha value is -3.30. The number of aryl methyl sites for hydroxylation is 1. The fourth-order valence-corrected chi connectivity index (χ4v) is 3.29. The van der Waals surface area contributed by atoms with Crippen LogP contribution in [0.25, 0.3) is 10.8 Å². The van der Waals surface area contributed by atoms with Gasteiger partial charge in [-0.15, -0.1) is 5.11 Å². The minimum atomic E-state index is -4.56. The second kappa shape index (κ2) is 6.78. The van der Waals surface area contributed by atoms with Crippen molar-refractivity contribution in [2.75, 3.05) is 0 Å². The lowest BCUT2D eigenvalue weighted by Crippen LogP contribution is -2.04. The summed E-state index contributed by atoms with van der Waals surface area (Å²) in [5.74, 6) is -2.25. The van der Waals surface area contributed by atoms with Crippen LogP contribution in [0, 0.1) is 6.92 Å². The molecule has 0 aliphatic carbocycles. The van der Waals surface area contributed by atoms with Gasteiger partial charge in [-0.05, 0) is 36.1 Å². The van der Waals surface area contributed by atoms with Gasteiger partial charge in [0.1, 0.15) is 10.6 Å². The van der Waals surface area contributed by atoms with E-state index in [1.807, 2.05) is 0 Å². The zero-order chi connectivity index (χ0) is 19.8. The van der Waals surface area contributed by atoms with E-state index in [1.54, 1.807) is 37.3 Å². The number of rotatable bonds is 4. The van der Waals surface area contributed by atoms with E-state index in [0.717, 1.165) is 0 Å². The molecule has 0 atom stereocenters. The van der Waals surface area contributed by atoms with E-state index in [-0.39, 0.29) is 11.4 Å². The summed E-state index contributed by atoms with van der Waals surface area (Å²) in [6, 6.07) is 11.9. The highest BCUT2D eigenvalue weighted by Gasteiger charge is 2.16. The van der Waals surface area contributed by atoms with Gasteiger partial charge in [-0.3, -0.25) is 4.55 Å². The molecule has 0 radical (unpaired) electrons. The van der Waals surface area contributed by atoms with Gasteiger partial charge in [-0.1, -0.05) is 36.1 Å². The van der Waals surface area contributed by atoms with Crippen LogP contribution in [0.2, 0.25) is 0 Å². The maximum Gasteiger partial charge on any atom is 0.335 e. The van der Waals surface area contributed by atoms with Crippen molar-refractivity contribution >= 4 is 38.2 Å². The summed E-state index contributed by atoms with van der Waals surface area (Å²) in [7, 11) is -4.56. The van der Waals surface area contributed by atoms with Gasteiger partial charge in [-0.25, -0.2) is 4.79 Å². The molecule has 0 aliphatic rings. The molecular weight excluding hydrogens is 372 g/mol. The smallest absolute Gasteiger partial charge is 0.335 e. The number of hydrogen-bond acceptors (Lipinski definition) is 6. The summed E-state index contributed by atoms with van der Waals surface area (Å²) in [5, 5.41) is 30.2. The van der Waals surface area contributed by atoms with Crippen LogP contribution < -0.4 is 5.11 Å².